The first-order chi connectivity index (χ1) is 4.25. The molecule has 2 N–H and O–H groups in total. The maximum atomic E-state index is 10.4. The van der Waals surface area contributed by atoms with Gasteiger partial charge in [0.25, 0.3) is 0 Å². The zero-order chi connectivity index (χ0) is 6.85. The van der Waals surface area contributed by atoms with Gasteiger partial charge < -0.3 is 5.21 Å². The Labute approximate surface area is 50.9 Å². The fourth-order valence-corrected chi connectivity index (χ4v) is 0.553. The number of H-pyrrole nitrogens is 1. The smallest absolute Gasteiger partial charge is 0.376 e. The molecule has 0 unspecified atom stereocenters. The molecule has 0 amide bonds. The van der Waals surface area contributed by atoms with Crippen LogP contribution in [0.25, 0.3) is 0 Å². The highest BCUT2D eigenvalue weighted by Gasteiger charge is 2.00. The van der Waals surface area contributed by atoms with Crippen molar-refractivity contribution in [3.05, 3.63) is 16.3 Å². The van der Waals surface area contributed by atoms with Crippen LogP contribution in [0.2, 0.25) is 0 Å². The Morgan fingerprint density at radius 1 is 1.89 bits per heavy atom. The Morgan fingerprint density at radius 2 is 2.56 bits per heavy atom. The molecule has 0 atom stereocenters. The van der Waals surface area contributed by atoms with E-state index in [9.17, 15) is 4.79 Å². The summed E-state index contributed by atoms with van der Waals surface area (Å²) in [7, 11) is 0. The van der Waals surface area contributed by atoms with Crippen LogP contribution >= 0.6 is 0 Å². The van der Waals surface area contributed by atoms with Crippen LogP contribution < -0.4 is 5.69 Å². The Morgan fingerprint density at radius 3 is 2.78 bits per heavy atom. The van der Waals surface area contributed by atoms with Gasteiger partial charge in [-0.25, -0.2) is 9.89 Å². The number of aromatic nitrogens is 3. The fraction of sp³-hybridized carbons (Fsp3) is 0.500. The van der Waals surface area contributed by atoms with Gasteiger partial charge in [0.15, 0.2) is 5.82 Å². The van der Waals surface area contributed by atoms with Crippen molar-refractivity contribution in [1.29, 1.82) is 0 Å². The lowest BCUT2D eigenvalue weighted by Crippen LogP contribution is -2.15. The molecule has 1 heterocycles. The first-order valence-electron chi connectivity index (χ1n) is 2.61. The van der Waals surface area contributed by atoms with Crippen molar-refractivity contribution in [3.63, 3.8) is 0 Å². The first kappa shape index (κ1) is 5.87. The van der Waals surface area contributed by atoms with E-state index in [1.54, 1.807) is 6.92 Å². The molecule has 0 spiro atoms. The maximum Gasteiger partial charge on any atom is 0.376 e. The van der Waals surface area contributed by atoms with E-state index in [1.807, 2.05) is 0 Å². The average molecular weight is 129 g/mol. The molecule has 0 fully saturated rings. The van der Waals surface area contributed by atoms with Crippen LogP contribution in [0.5, 0.6) is 0 Å². The summed E-state index contributed by atoms with van der Waals surface area (Å²) in [4.78, 5) is 10.4. The van der Waals surface area contributed by atoms with Gasteiger partial charge in [-0.2, -0.15) is 5.10 Å². The molecule has 0 saturated carbocycles. The summed E-state index contributed by atoms with van der Waals surface area (Å²) in [5, 5.41) is 14.4. The number of hydrogen-bond acceptors (Lipinski definition) is 3. The van der Waals surface area contributed by atoms with Crippen LogP contribution in [0.3, 0.4) is 0 Å². The number of nitrogens with one attached hydrogen (secondary N) is 1. The van der Waals surface area contributed by atoms with Gasteiger partial charge in [-0.15, -0.1) is 4.73 Å². The summed E-state index contributed by atoms with van der Waals surface area (Å²) < 4.78 is 0.500. The molecule has 1 aromatic rings. The largest absolute Gasteiger partial charge is 0.422 e. The molecule has 0 aromatic carbocycles. The molecule has 5 heteroatoms. The quantitative estimate of drug-likeness (QED) is 0.496. The summed E-state index contributed by atoms with van der Waals surface area (Å²) in [5.41, 5.74) is -0.591. The highest BCUT2D eigenvalue weighted by molar-refractivity contribution is 4.80. The van der Waals surface area contributed by atoms with Crippen molar-refractivity contribution < 1.29 is 5.21 Å². The molecule has 9 heavy (non-hydrogen) atoms. The number of hydrogen-bond donors (Lipinski definition) is 2. The second-order valence-electron chi connectivity index (χ2n) is 1.61. The molecule has 50 valence electrons. The molecule has 0 aliphatic heterocycles. The summed E-state index contributed by atoms with van der Waals surface area (Å²) >= 11 is 0. The van der Waals surface area contributed by atoms with Crippen LogP contribution in [0.15, 0.2) is 4.79 Å². The van der Waals surface area contributed by atoms with Crippen LogP contribution in [-0.2, 0) is 6.42 Å². The minimum Gasteiger partial charge on any atom is -0.422 e. The Bertz CT molecular complexity index is 249. The van der Waals surface area contributed by atoms with Crippen LogP contribution in [-0.4, -0.2) is 20.1 Å². The number of aromatic amines is 1. The molecule has 1 rings (SSSR count). The van der Waals surface area contributed by atoms with Gasteiger partial charge in [0.2, 0.25) is 0 Å². The lowest BCUT2D eigenvalue weighted by Gasteiger charge is -1.88. The summed E-state index contributed by atoms with van der Waals surface area (Å²) in [5.74, 6) is 0.347. The highest BCUT2D eigenvalue weighted by atomic mass is 16.5. The lowest BCUT2D eigenvalue weighted by molar-refractivity contribution is 0.166. The van der Waals surface area contributed by atoms with Gasteiger partial charge in [0.05, 0.1) is 0 Å². The minimum atomic E-state index is -0.591. The lowest BCUT2D eigenvalue weighted by atomic mass is 10.5. The topological polar surface area (TPSA) is 70.9 Å². The van der Waals surface area contributed by atoms with Crippen molar-refractivity contribution in [2.45, 2.75) is 13.3 Å². The molecule has 5 nitrogen and oxygen atoms in total. The van der Waals surface area contributed by atoms with Crippen LogP contribution in [0.1, 0.15) is 12.7 Å². The second-order valence-corrected chi connectivity index (χ2v) is 1.61. The van der Waals surface area contributed by atoms with E-state index in [4.69, 9.17) is 5.21 Å². The Balaban J connectivity index is 3.20. The van der Waals surface area contributed by atoms with E-state index >= 15 is 0 Å². The molecule has 0 radical (unpaired) electrons. The third-order valence-electron chi connectivity index (χ3n) is 1.03. The van der Waals surface area contributed by atoms with Gasteiger partial charge >= 0.3 is 5.69 Å². The summed E-state index contributed by atoms with van der Waals surface area (Å²) in [6.45, 7) is 1.79. The second kappa shape index (κ2) is 1.93. The Hall–Kier alpha value is -1.26. The number of aryl methyl sites for hydroxylation is 1. The Kier molecular flexibility index (Phi) is 1.26. The maximum absolute atomic E-state index is 10.4. The standard InChI is InChI=1S/C4H7N3O2/c1-2-3-5-6-4(8)7(3)9/h9H,2H2,1H3,(H,6,8). The van der Waals surface area contributed by atoms with E-state index < -0.39 is 5.69 Å². The van der Waals surface area contributed by atoms with E-state index in [-0.39, 0.29) is 0 Å². The van der Waals surface area contributed by atoms with Gasteiger partial charge in [-0.1, -0.05) is 6.92 Å². The molecular formula is C4H7N3O2. The van der Waals surface area contributed by atoms with Gasteiger partial charge in [-0.3, -0.25) is 0 Å². The zero-order valence-corrected chi connectivity index (χ0v) is 4.96. The van der Waals surface area contributed by atoms with Crippen molar-refractivity contribution in [2.24, 2.45) is 0 Å². The number of nitrogens with zero attached hydrogens (tertiary/aromatic N) is 2. The summed E-state index contributed by atoms with van der Waals surface area (Å²) in [6, 6.07) is 0. The molecule has 0 aliphatic carbocycles. The molecule has 1 aromatic heterocycles. The van der Waals surface area contributed by atoms with Crippen molar-refractivity contribution in [2.75, 3.05) is 0 Å². The van der Waals surface area contributed by atoms with E-state index in [0.29, 0.717) is 17.0 Å². The third-order valence-corrected chi connectivity index (χ3v) is 1.03. The zero-order valence-electron chi connectivity index (χ0n) is 4.96. The average Bonchev–Trinajstić information content (AvgIpc) is 2.15. The van der Waals surface area contributed by atoms with Crippen LogP contribution in [0, 0.1) is 0 Å². The van der Waals surface area contributed by atoms with Crippen molar-refractivity contribution in [1.82, 2.24) is 14.9 Å². The highest BCUT2D eigenvalue weighted by Crippen LogP contribution is 1.84. The van der Waals surface area contributed by atoms with E-state index in [2.05, 4.69) is 10.2 Å². The van der Waals surface area contributed by atoms with Gasteiger partial charge in [0.1, 0.15) is 0 Å². The molecular weight excluding hydrogens is 122 g/mol. The monoisotopic (exact) mass is 129 g/mol. The van der Waals surface area contributed by atoms with E-state index in [0.717, 1.165) is 0 Å². The first-order valence-corrected chi connectivity index (χ1v) is 2.61. The minimum absolute atomic E-state index is 0.347. The predicted molar refractivity (Wildman–Crippen MR) is 29.4 cm³/mol. The predicted octanol–water partition coefficient (Wildman–Crippen LogP) is -0.629. The third kappa shape index (κ3) is 0.802. The fourth-order valence-electron chi connectivity index (χ4n) is 0.553. The molecule has 0 saturated heterocycles. The van der Waals surface area contributed by atoms with Crippen molar-refractivity contribution in [3.8, 4) is 0 Å². The van der Waals surface area contributed by atoms with E-state index in [1.165, 1.54) is 0 Å². The van der Waals surface area contributed by atoms with Gasteiger partial charge in [0, 0.05) is 6.42 Å². The number of rotatable bonds is 1. The SMILES string of the molecule is CCc1n[nH]c(=O)n1O. The van der Waals surface area contributed by atoms with Crippen molar-refractivity contribution >= 4 is 0 Å². The van der Waals surface area contributed by atoms with Gasteiger partial charge in [-0.05, 0) is 0 Å². The summed E-state index contributed by atoms with van der Waals surface area (Å²) in [6.07, 6.45) is 0.537. The molecule has 0 aliphatic rings. The normalized spacial score (nSPS) is 9.89. The molecule has 0 bridgehead atoms. The van der Waals surface area contributed by atoms with Crippen LogP contribution in [0.4, 0.5) is 0 Å².